The molecule has 160 valence electrons. The predicted octanol–water partition coefficient (Wildman–Crippen LogP) is 3.97. The Kier molecular flexibility index (Phi) is 7.87. The van der Waals surface area contributed by atoms with E-state index in [4.69, 9.17) is 9.73 Å². The van der Waals surface area contributed by atoms with Crippen LogP contribution in [0.3, 0.4) is 0 Å². The first-order valence-corrected chi connectivity index (χ1v) is 11.2. The van der Waals surface area contributed by atoms with Gasteiger partial charge in [0.05, 0.1) is 18.8 Å². The number of thioether (sulfide) groups is 1. The topological polar surface area (TPSA) is 71.0 Å². The number of amidine groups is 1. The molecule has 3 rings (SSSR count). The lowest BCUT2D eigenvalue weighted by molar-refractivity contribution is -0.129. The van der Waals surface area contributed by atoms with E-state index in [2.05, 4.69) is 19.2 Å². The van der Waals surface area contributed by atoms with Gasteiger partial charge in [0.1, 0.15) is 5.25 Å². The van der Waals surface area contributed by atoms with E-state index in [1.165, 1.54) is 11.8 Å². The van der Waals surface area contributed by atoms with Crippen molar-refractivity contribution in [3.05, 3.63) is 42.5 Å². The second kappa shape index (κ2) is 10.6. The molecule has 0 radical (unpaired) electrons. The maximum Gasteiger partial charge on any atom is 0.242 e. The van der Waals surface area contributed by atoms with Crippen LogP contribution in [0.25, 0.3) is 10.8 Å². The van der Waals surface area contributed by atoms with Crippen molar-refractivity contribution in [3.8, 4) is 0 Å². The van der Waals surface area contributed by atoms with Crippen LogP contribution in [-0.4, -0.2) is 53.9 Å². The lowest BCUT2D eigenvalue weighted by Gasteiger charge is -2.16. The van der Waals surface area contributed by atoms with Crippen LogP contribution in [-0.2, 0) is 14.3 Å². The third-order valence-corrected chi connectivity index (χ3v) is 6.11. The Morgan fingerprint density at radius 3 is 2.77 bits per heavy atom. The Bertz CT molecular complexity index is 924. The fourth-order valence-electron chi connectivity index (χ4n) is 3.26. The predicted molar refractivity (Wildman–Crippen MR) is 123 cm³/mol. The number of nitrogens with zero attached hydrogens (tertiary/aromatic N) is 2. The van der Waals surface area contributed by atoms with Crippen molar-refractivity contribution in [2.45, 2.75) is 31.9 Å². The number of fused-ring (bicyclic) bond motifs is 1. The van der Waals surface area contributed by atoms with Crippen molar-refractivity contribution >= 4 is 45.2 Å². The van der Waals surface area contributed by atoms with Gasteiger partial charge in [-0.15, -0.1) is 0 Å². The molecule has 0 aliphatic carbocycles. The van der Waals surface area contributed by atoms with Gasteiger partial charge < -0.3 is 10.1 Å². The molecule has 2 aromatic rings. The molecule has 0 bridgehead atoms. The molecule has 0 spiro atoms. The Hall–Kier alpha value is -2.38. The molecule has 0 unspecified atom stereocenters. The lowest BCUT2D eigenvalue weighted by Crippen LogP contribution is -2.36. The summed E-state index contributed by atoms with van der Waals surface area (Å²) in [6, 6.07) is 14.0. The van der Waals surface area contributed by atoms with E-state index < -0.39 is 5.25 Å². The number of amides is 2. The monoisotopic (exact) mass is 427 g/mol. The van der Waals surface area contributed by atoms with E-state index in [9.17, 15) is 9.59 Å². The van der Waals surface area contributed by atoms with E-state index in [0.717, 1.165) is 22.9 Å². The third-order valence-electron chi connectivity index (χ3n) is 4.94. The lowest BCUT2D eigenvalue weighted by atomic mass is 10.1. The quantitative estimate of drug-likeness (QED) is 0.657. The smallest absolute Gasteiger partial charge is 0.242 e. The minimum absolute atomic E-state index is 0.0879. The maximum atomic E-state index is 13.0. The van der Waals surface area contributed by atoms with Gasteiger partial charge >= 0.3 is 0 Å². The van der Waals surface area contributed by atoms with Gasteiger partial charge in [-0.2, -0.15) is 0 Å². The first-order valence-electron chi connectivity index (χ1n) is 10.3. The molecule has 1 aliphatic heterocycles. The Balaban J connectivity index is 1.79. The van der Waals surface area contributed by atoms with Crippen molar-refractivity contribution in [3.63, 3.8) is 0 Å². The SMILES string of the molecule is COCCN1C(=O)[C@H](CC(=O)NCCC(C)C)SC1=Nc1cccc2ccccc12. The summed E-state index contributed by atoms with van der Waals surface area (Å²) in [5.74, 6) is 0.339. The van der Waals surface area contributed by atoms with Crippen LogP contribution >= 0.6 is 11.8 Å². The van der Waals surface area contributed by atoms with E-state index in [1.807, 2.05) is 42.5 Å². The summed E-state index contributed by atoms with van der Waals surface area (Å²) in [6.07, 6.45) is 1.07. The second-order valence-electron chi connectivity index (χ2n) is 7.72. The highest BCUT2D eigenvalue weighted by Crippen LogP contribution is 2.33. The van der Waals surface area contributed by atoms with Crippen molar-refractivity contribution in [1.82, 2.24) is 10.2 Å². The van der Waals surface area contributed by atoms with Crippen LogP contribution in [0, 0.1) is 5.92 Å². The van der Waals surface area contributed by atoms with Gasteiger partial charge in [0.15, 0.2) is 5.17 Å². The fraction of sp³-hybridized carbons (Fsp3) is 0.435. The highest BCUT2D eigenvalue weighted by atomic mass is 32.2. The second-order valence-corrected chi connectivity index (χ2v) is 8.89. The highest BCUT2D eigenvalue weighted by Gasteiger charge is 2.39. The summed E-state index contributed by atoms with van der Waals surface area (Å²) in [7, 11) is 1.61. The van der Waals surface area contributed by atoms with E-state index in [0.29, 0.717) is 30.8 Å². The number of hydrogen-bond donors (Lipinski definition) is 1. The number of rotatable bonds is 9. The number of ether oxygens (including phenoxy) is 1. The van der Waals surface area contributed by atoms with E-state index >= 15 is 0 Å². The van der Waals surface area contributed by atoms with E-state index in [1.54, 1.807) is 12.0 Å². The normalized spacial score (nSPS) is 18.0. The first-order chi connectivity index (χ1) is 14.5. The zero-order valence-electron chi connectivity index (χ0n) is 17.8. The van der Waals surface area contributed by atoms with Gasteiger partial charge in [-0.25, -0.2) is 4.99 Å². The number of carbonyl (C=O) groups excluding carboxylic acids is 2. The number of carbonyl (C=O) groups is 2. The average Bonchev–Trinajstić information content (AvgIpc) is 3.00. The molecule has 1 saturated heterocycles. The molecule has 0 saturated carbocycles. The zero-order chi connectivity index (χ0) is 21.5. The molecule has 30 heavy (non-hydrogen) atoms. The molecule has 1 N–H and O–H groups in total. The molecule has 7 heteroatoms. The molecule has 1 fully saturated rings. The van der Waals surface area contributed by atoms with Crippen LogP contribution in [0.4, 0.5) is 5.69 Å². The Labute approximate surface area is 182 Å². The van der Waals surface area contributed by atoms with Gasteiger partial charge in [-0.3, -0.25) is 14.5 Å². The van der Waals surface area contributed by atoms with Gasteiger partial charge in [0.25, 0.3) is 0 Å². The number of aliphatic imine (C=N–C) groups is 1. The molecule has 2 amide bonds. The molecule has 6 nitrogen and oxygen atoms in total. The summed E-state index contributed by atoms with van der Waals surface area (Å²) >= 11 is 1.36. The third kappa shape index (κ3) is 5.61. The molecule has 2 aromatic carbocycles. The number of methoxy groups -OCH3 is 1. The van der Waals surface area contributed by atoms with E-state index in [-0.39, 0.29) is 18.2 Å². The minimum Gasteiger partial charge on any atom is -0.383 e. The summed E-state index contributed by atoms with van der Waals surface area (Å²) < 4.78 is 5.18. The summed E-state index contributed by atoms with van der Waals surface area (Å²) in [4.78, 5) is 31.8. The summed E-state index contributed by atoms with van der Waals surface area (Å²) in [6.45, 7) is 5.69. The van der Waals surface area contributed by atoms with Crippen LogP contribution in [0.1, 0.15) is 26.7 Å². The molecule has 1 heterocycles. The van der Waals surface area contributed by atoms with Gasteiger partial charge in [0, 0.05) is 25.5 Å². The maximum absolute atomic E-state index is 13.0. The van der Waals surface area contributed by atoms with Crippen LogP contribution in [0.15, 0.2) is 47.5 Å². The molecule has 1 aliphatic rings. The number of nitrogens with one attached hydrogen (secondary N) is 1. The van der Waals surface area contributed by atoms with Crippen LogP contribution < -0.4 is 5.32 Å². The summed E-state index contributed by atoms with van der Waals surface area (Å²) in [5.41, 5.74) is 0.813. The largest absolute Gasteiger partial charge is 0.383 e. The first kappa shape index (κ1) is 22.3. The van der Waals surface area contributed by atoms with Gasteiger partial charge in [-0.1, -0.05) is 62.0 Å². The Morgan fingerprint density at radius 2 is 2.00 bits per heavy atom. The summed E-state index contributed by atoms with van der Waals surface area (Å²) in [5, 5.41) is 5.20. The molecular weight excluding hydrogens is 398 g/mol. The number of benzene rings is 2. The number of hydrogen-bond acceptors (Lipinski definition) is 5. The van der Waals surface area contributed by atoms with Crippen molar-refractivity contribution in [1.29, 1.82) is 0 Å². The average molecular weight is 428 g/mol. The Morgan fingerprint density at radius 1 is 1.23 bits per heavy atom. The van der Waals surface area contributed by atoms with Crippen molar-refractivity contribution in [2.75, 3.05) is 26.8 Å². The van der Waals surface area contributed by atoms with Crippen molar-refractivity contribution < 1.29 is 14.3 Å². The standard InChI is InChI=1S/C23H29N3O3S/c1-16(2)11-12-24-21(27)15-20-22(28)26(13-14-29-3)23(30-20)25-19-10-6-8-17-7-4-5-9-18(17)19/h4-10,16,20H,11-15H2,1-3H3,(H,24,27)/t20-/m0/s1. The van der Waals surface area contributed by atoms with Crippen molar-refractivity contribution in [2.24, 2.45) is 10.9 Å². The molecular formula is C23H29N3O3S. The molecule has 0 aromatic heterocycles. The van der Waals surface area contributed by atoms with Gasteiger partial charge in [0.2, 0.25) is 11.8 Å². The highest BCUT2D eigenvalue weighted by molar-refractivity contribution is 8.15. The van der Waals surface area contributed by atoms with Crippen LogP contribution in [0.5, 0.6) is 0 Å². The fourth-order valence-corrected chi connectivity index (χ4v) is 4.44. The molecule has 1 atom stereocenters. The van der Waals surface area contributed by atoms with Gasteiger partial charge in [-0.05, 0) is 23.8 Å². The zero-order valence-corrected chi connectivity index (χ0v) is 18.6. The minimum atomic E-state index is -0.463. The van der Waals surface area contributed by atoms with Crippen LogP contribution in [0.2, 0.25) is 0 Å².